The number of fused-ring (bicyclic) bond motifs is 1. The molecule has 156 valence electrons. The number of aliphatic hydroxyl groups is 1. The second-order valence-electron chi connectivity index (χ2n) is 7.07. The maximum atomic E-state index is 13.1. The lowest BCUT2D eigenvalue weighted by Crippen LogP contribution is -2.28. The number of halogens is 1. The highest BCUT2D eigenvalue weighted by Crippen LogP contribution is 2.29. The zero-order chi connectivity index (χ0) is 21.8. The zero-order valence-corrected chi connectivity index (χ0v) is 16.5. The van der Waals surface area contributed by atoms with E-state index in [1.807, 2.05) is 36.4 Å². The quantitative estimate of drug-likeness (QED) is 0.476. The highest BCUT2D eigenvalue weighted by Gasteiger charge is 2.18. The van der Waals surface area contributed by atoms with Gasteiger partial charge in [0.15, 0.2) is 0 Å². The molecule has 1 heterocycles. The second kappa shape index (κ2) is 8.89. The van der Waals surface area contributed by atoms with Crippen molar-refractivity contribution in [3.05, 3.63) is 84.4 Å². The fraction of sp³-hybridized carbons (Fsp3) is 0.125. The van der Waals surface area contributed by atoms with Gasteiger partial charge in [0, 0.05) is 17.4 Å². The number of rotatable bonds is 7. The molecule has 0 spiro atoms. The van der Waals surface area contributed by atoms with Crippen molar-refractivity contribution in [3.63, 3.8) is 0 Å². The molecule has 31 heavy (non-hydrogen) atoms. The predicted octanol–water partition coefficient (Wildman–Crippen LogP) is 3.86. The topological polar surface area (TPSA) is 98.3 Å². The number of hydrogen-bond acceptors (Lipinski definition) is 5. The summed E-state index contributed by atoms with van der Waals surface area (Å²) in [4.78, 5) is 20.7. The van der Waals surface area contributed by atoms with Gasteiger partial charge in [0.2, 0.25) is 5.91 Å². The molecule has 0 fully saturated rings. The van der Waals surface area contributed by atoms with Gasteiger partial charge in [-0.3, -0.25) is 4.79 Å². The maximum Gasteiger partial charge on any atom is 0.223 e. The smallest absolute Gasteiger partial charge is 0.223 e. The molecule has 1 aromatic heterocycles. The monoisotopic (exact) mass is 417 g/mol. The number of hydrogen-bond donors (Lipinski definition) is 2. The van der Waals surface area contributed by atoms with E-state index in [0.29, 0.717) is 23.0 Å². The van der Waals surface area contributed by atoms with Gasteiger partial charge in [0.25, 0.3) is 0 Å². The van der Waals surface area contributed by atoms with Gasteiger partial charge in [-0.15, -0.1) is 0 Å². The van der Waals surface area contributed by atoms with Crippen molar-refractivity contribution in [2.75, 3.05) is 6.61 Å². The number of para-hydroxylation sites is 1. The Hall–Kier alpha value is -3.84. The van der Waals surface area contributed by atoms with E-state index in [0.717, 1.165) is 16.5 Å². The van der Waals surface area contributed by atoms with Crippen LogP contribution in [0.25, 0.3) is 22.2 Å². The molecule has 1 amide bonds. The summed E-state index contributed by atoms with van der Waals surface area (Å²) in [7, 11) is 0. The van der Waals surface area contributed by atoms with Gasteiger partial charge in [-0.05, 0) is 54.6 Å². The summed E-state index contributed by atoms with van der Waals surface area (Å²) in [5, 5.41) is 10.3. The largest absolute Gasteiger partial charge is 0.457 e. The van der Waals surface area contributed by atoms with Gasteiger partial charge in [0.05, 0.1) is 23.7 Å². The van der Waals surface area contributed by atoms with E-state index >= 15 is 0 Å². The first-order valence-corrected chi connectivity index (χ1v) is 9.73. The highest BCUT2D eigenvalue weighted by atomic mass is 19.1. The summed E-state index contributed by atoms with van der Waals surface area (Å²) in [5.41, 5.74) is 7.63. The molecule has 3 aromatic carbocycles. The number of nitrogens with two attached hydrogens (primary N) is 1. The number of ether oxygens (including phenoxy) is 1. The number of carbonyl (C=O) groups excluding carboxylic acids is 1. The Labute approximate surface area is 178 Å². The van der Waals surface area contributed by atoms with Crippen molar-refractivity contribution in [2.45, 2.75) is 6.42 Å². The van der Waals surface area contributed by atoms with Crippen LogP contribution in [0.15, 0.2) is 72.8 Å². The summed E-state index contributed by atoms with van der Waals surface area (Å²) in [6.07, 6.45) is 0.148. The third-order valence-corrected chi connectivity index (χ3v) is 4.88. The number of amides is 1. The molecule has 4 aromatic rings. The summed E-state index contributed by atoms with van der Waals surface area (Å²) >= 11 is 0. The van der Waals surface area contributed by atoms with Crippen LogP contribution in [0.4, 0.5) is 4.39 Å². The van der Waals surface area contributed by atoms with Crippen molar-refractivity contribution in [1.29, 1.82) is 0 Å². The number of nitrogens with zero attached hydrogens (tertiary/aromatic N) is 2. The first-order valence-electron chi connectivity index (χ1n) is 9.73. The third kappa shape index (κ3) is 4.67. The molecule has 4 rings (SSSR count). The molecule has 3 N–H and O–H groups in total. The van der Waals surface area contributed by atoms with Crippen LogP contribution in [0.3, 0.4) is 0 Å². The van der Waals surface area contributed by atoms with Crippen LogP contribution in [-0.4, -0.2) is 27.6 Å². The van der Waals surface area contributed by atoms with Crippen molar-refractivity contribution < 1.29 is 19.0 Å². The molecule has 0 aliphatic heterocycles. The minimum atomic E-state index is -0.750. The predicted molar refractivity (Wildman–Crippen MR) is 115 cm³/mol. The average molecular weight is 417 g/mol. The first kappa shape index (κ1) is 20.4. The van der Waals surface area contributed by atoms with E-state index in [4.69, 9.17) is 10.5 Å². The van der Waals surface area contributed by atoms with Crippen LogP contribution in [0.5, 0.6) is 11.5 Å². The van der Waals surface area contributed by atoms with Crippen LogP contribution in [0.2, 0.25) is 0 Å². The summed E-state index contributed by atoms with van der Waals surface area (Å²) in [6.45, 7) is -0.365. The minimum Gasteiger partial charge on any atom is -0.457 e. The molecule has 0 unspecified atom stereocenters. The van der Waals surface area contributed by atoms with Gasteiger partial charge < -0.3 is 15.6 Å². The number of carbonyl (C=O) groups is 1. The number of primary amides is 1. The summed E-state index contributed by atoms with van der Waals surface area (Å²) < 4.78 is 18.8. The van der Waals surface area contributed by atoms with E-state index in [2.05, 4.69) is 9.97 Å². The number of aromatic nitrogens is 2. The lowest BCUT2D eigenvalue weighted by atomic mass is 10.0. The van der Waals surface area contributed by atoms with Crippen molar-refractivity contribution in [3.8, 4) is 22.8 Å². The SMILES string of the molecule is NC(=O)[C@H](CO)Cc1nc(-c2ccc(Oc3ccc(F)cc3)cc2)c2ccccc2n1. The minimum absolute atomic E-state index is 0.148. The van der Waals surface area contributed by atoms with Gasteiger partial charge in [-0.2, -0.15) is 0 Å². The molecule has 0 saturated heterocycles. The Morgan fingerprint density at radius 1 is 0.968 bits per heavy atom. The van der Waals surface area contributed by atoms with Gasteiger partial charge >= 0.3 is 0 Å². The molecular formula is C24H20FN3O3. The molecule has 1 atom stereocenters. The van der Waals surface area contributed by atoms with E-state index in [-0.39, 0.29) is 18.8 Å². The lowest BCUT2D eigenvalue weighted by Gasteiger charge is -2.13. The van der Waals surface area contributed by atoms with Crippen molar-refractivity contribution in [1.82, 2.24) is 9.97 Å². The molecule has 0 bridgehead atoms. The lowest BCUT2D eigenvalue weighted by molar-refractivity contribution is -0.122. The Balaban J connectivity index is 1.67. The van der Waals surface area contributed by atoms with Crippen LogP contribution in [0.1, 0.15) is 5.82 Å². The Morgan fingerprint density at radius 3 is 2.26 bits per heavy atom. The molecule has 6 nitrogen and oxygen atoms in total. The van der Waals surface area contributed by atoms with E-state index in [1.54, 1.807) is 24.3 Å². The molecule has 0 saturated carbocycles. The van der Waals surface area contributed by atoms with Gasteiger partial charge in [-0.25, -0.2) is 14.4 Å². The Morgan fingerprint density at radius 2 is 1.61 bits per heavy atom. The second-order valence-corrected chi connectivity index (χ2v) is 7.07. The Bertz CT molecular complexity index is 1210. The summed E-state index contributed by atoms with van der Waals surface area (Å²) in [5.74, 6) is -0.107. The van der Waals surface area contributed by atoms with Crippen LogP contribution in [0, 0.1) is 11.7 Å². The average Bonchev–Trinajstić information content (AvgIpc) is 2.79. The number of benzene rings is 3. The third-order valence-electron chi connectivity index (χ3n) is 4.88. The van der Waals surface area contributed by atoms with E-state index in [1.165, 1.54) is 12.1 Å². The summed E-state index contributed by atoms with van der Waals surface area (Å²) in [6, 6.07) is 20.7. The molecule has 0 aliphatic carbocycles. The first-order chi connectivity index (χ1) is 15.0. The van der Waals surface area contributed by atoms with Crippen molar-refractivity contribution >= 4 is 16.8 Å². The standard InChI is InChI=1S/C24H20FN3O3/c25-17-7-11-19(12-8-17)31-18-9-5-15(6-10-18)23-20-3-1-2-4-21(20)27-22(28-23)13-16(14-29)24(26)30/h1-12,16,29H,13-14H2,(H2,26,30)/t16-/m0/s1. The van der Waals surface area contributed by atoms with Gasteiger partial charge in [0.1, 0.15) is 23.1 Å². The Kier molecular flexibility index (Phi) is 5.86. The molecule has 0 radical (unpaired) electrons. The van der Waals surface area contributed by atoms with Crippen molar-refractivity contribution in [2.24, 2.45) is 11.7 Å². The van der Waals surface area contributed by atoms with Crippen LogP contribution < -0.4 is 10.5 Å². The molecular weight excluding hydrogens is 397 g/mol. The van der Waals surface area contributed by atoms with Crippen LogP contribution >= 0.6 is 0 Å². The maximum absolute atomic E-state index is 13.1. The highest BCUT2D eigenvalue weighted by molar-refractivity contribution is 5.92. The zero-order valence-electron chi connectivity index (χ0n) is 16.5. The fourth-order valence-electron chi connectivity index (χ4n) is 3.23. The normalized spacial score (nSPS) is 11.9. The fourth-order valence-corrected chi connectivity index (χ4v) is 3.23. The van der Waals surface area contributed by atoms with E-state index in [9.17, 15) is 14.3 Å². The molecule has 0 aliphatic rings. The van der Waals surface area contributed by atoms with E-state index < -0.39 is 11.8 Å². The number of aliphatic hydroxyl groups excluding tert-OH is 1. The van der Waals surface area contributed by atoms with Gasteiger partial charge in [-0.1, -0.05) is 18.2 Å². The van der Waals surface area contributed by atoms with Crippen LogP contribution in [-0.2, 0) is 11.2 Å². The molecule has 7 heteroatoms.